The molecule has 2 heterocycles. The predicted octanol–water partition coefficient (Wildman–Crippen LogP) is 9.55. The molecule has 5 aromatic rings. The zero-order chi connectivity index (χ0) is 25.8. The van der Waals surface area contributed by atoms with Crippen LogP contribution in [0.25, 0.3) is 20.4 Å². The number of benzene rings is 3. The molecular weight excluding hydrogens is 533 g/mol. The van der Waals surface area contributed by atoms with Gasteiger partial charge in [-0.1, -0.05) is 75.4 Å². The molecule has 7 heteroatoms. The summed E-state index contributed by atoms with van der Waals surface area (Å²) in [7, 11) is 0. The van der Waals surface area contributed by atoms with Crippen molar-refractivity contribution in [2.24, 2.45) is 0 Å². The molecule has 3 aromatic carbocycles. The molecule has 0 fully saturated rings. The van der Waals surface area contributed by atoms with Crippen LogP contribution in [0.1, 0.15) is 82.7 Å². The number of aromatic hydroxyl groups is 1. The van der Waals surface area contributed by atoms with Gasteiger partial charge < -0.3 is 5.11 Å². The lowest BCUT2D eigenvalue weighted by Crippen LogP contribution is -2.02. The number of thiol groups is 2. The summed E-state index contributed by atoms with van der Waals surface area (Å²) in [5, 5.41) is 12.7. The van der Waals surface area contributed by atoms with Crippen LogP contribution in [-0.4, -0.2) is 15.1 Å². The highest BCUT2D eigenvalue weighted by molar-refractivity contribution is 7.81. The average molecular weight is 565 g/mol. The minimum absolute atomic E-state index is 0.241. The van der Waals surface area contributed by atoms with E-state index in [9.17, 15) is 5.11 Å². The lowest BCUT2D eigenvalue weighted by atomic mass is 9.96. The fraction of sp³-hybridized carbons (Fsp3) is 0.333. The Morgan fingerprint density at radius 1 is 0.730 bits per heavy atom. The number of rotatable bonds is 11. The summed E-state index contributed by atoms with van der Waals surface area (Å²) in [5.41, 5.74) is 4.72. The summed E-state index contributed by atoms with van der Waals surface area (Å²) in [5.74, 6) is 0.241. The highest BCUT2D eigenvalue weighted by Gasteiger charge is 2.25. The van der Waals surface area contributed by atoms with E-state index in [0.717, 1.165) is 54.4 Å². The van der Waals surface area contributed by atoms with Crippen LogP contribution in [0.2, 0.25) is 0 Å². The quantitative estimate of drug-likeness (QED) is 0.111. The number of hydrogen-bond donors (Lipinski definition) is 3. The molecular formula is C30H32N2OS4. The number of phenolic OH excluding ortho intramolecular Hbond substituents is 1. The Kier molecular flexibility index (Phi) is 8.75. The fourth-order valence-electron chi connectivity index (χ4n) is 4.70. The highest BCUT2D eigenvalue weighted by Crippen LogP contribution is 2.45. The van der Waals surface area contributed by atoms with Crippen molar-refractivity contribution in [3.8, 4) is 5.75 Å². The second-order valence-corrected chi connectivity index (χ2v) is 12.6. The Labute approximate surface area is 237 Å². The maximum atomic E-state index is 11.6. The Morgan fingerprint density at radius 3 is 1.73 bits per heavy atom. The summed E-state index contributed by atoms with van der Waals surface area (Å²) < 4.78 is 2.25. The van der Waals surface area contributed by atoms with Crippen LogP contribution in [0.15, 0.2) is 60.7 Å². The number of aryl methyl sites for hydroxylation is 1. The van der Waals surface area contributed by atoms with E-state index in [-0.39, 0.29) is 16.2 Å². The molecule has 2 unspecified atom stereocenters. The predicted molar refractivity (Wildman–Crippen MR) is 166 cm³/mol. The van der Waals surface area contributed by atoms with Gasteiger partial charge in [0.05, 0.1) is 30.9 Å². The van der Waals surface area contributed by atoms with E-state index in [1.807, 2.05) is 36.4 Å². The number of fused-ring (bicyclic) bond motifs is 2. The van der Waals surface area contributed by atoms with Crippen molar-refractivity contribution in [3.63, 3.8) is 0 Å². The van der Waals surface area contributed by atoms with Crippen molar-refractivity contribution in [2.75, 3.05) is 0 Å². The minimum Gasteiger partial charge on any atom is -0.507 e. The van der Waals surface area contributed by atoms with Gasteiger partial charge in [0.25, 0.3) is 0 Å². The maximum Gasteiger partial charge on any atom is 0.125 e. The monoisotopic (exact) mass is 564 g/mol. The summed E-state index contributed by atoms with van der Waals surface area (Å²) in [6.07, 6.45) is 8.45. The molecule has 0 saturated carbocycles. The minimum atomic E-state index is -0.323. The van der Waals surface area contributed by atoms with Crippen LogP contribution >= 0.6 is 47.9 Å². The van der Waals surface area contributed by atoms with E-state index in [0.29, 0.717) is 0 Å². The number of aromatic nitrogens is 2. The molecule has 0 amide bonds. The SMILES string of the molecule is CCCCCCCCc1cc(C(S)c2nc3ccccc3s2)c(O)c(C(S)c2nc3ccccc3s2)c1. The van der Waals surface area contributed by atoms with Crippen LogP contribution in [0, 0.1) is 0 Å². The largest absolute Gasteiger partial charge is 0.507 e. The molecule has 2 aromatic heterocycles. The molecule has 0 aliphatic rings. The van der Waals surface area contributed by atoms with Crippen molar-refractivity contribution in [3.05, 3.63) is 87.4 Å². The summed E-state index contributed by atoms with van der Waals surface area (Å²) in [6, 6.07) is 20.5. The first-order valence-corrected chi connectivity index (χ1v) is 15.6. The fourth-order valence-corrected chi connectivity index (χ4v) is 7.47. The standard InChI is InChI=1S/C30H32N2OS4/c1-2-3-4-5-6-7-12-19-17-20(27(34)29-31-22-13-8-10-15-24(22)36-29)26(33)21(18-19)28(35)30-32-23-14-9-11-16-25(23)37-30/h8-11,13-18,27-28,33-35H,2-7,12H2,1H3. The zero-order valence-electron chi connectivity index (χ0n) is 20.9. The van der Waals surface area contributed by atoms with Crippen LogP contribution < -0.4 is 0 Å². The van der Waals surface area contributed by atoms with Gasteiger partial charge >= 0.3 is 0 Å². The van der Waals surface area contributed by atoms with Gasteiger partial charge in [0, 0.05) is 11.1 Å². The molecule has 2 atom stereocenters. The molecule has 37 heavy (non-hydrogen) atoms. The number of phenols is 1. The van der Waals surface area contributed by atoms with Gasteiger partial charge in [-0.15, -0.1) is 22.7 Å². The summed E-state index contributed by atoms with van der Waals surface area (Å²) in [4.78, 5) is 9.65. The molecule has 0 radical (unpaired) electrons. The first kappa shape index (κ1) is 26.5. The normalized spacial score (nSPS) is 13.4. The number of thiazole rings is 2. The van der Waals surface area contributed by atoms with Crippen molar-refractivity contribution < 1.29 is 5.11 Å². The van der Waals surface area contributed by atoms with Gasteiger partial charge in [-0.05, 0) is 42.7 Å². The van der Waals surface area contributed by atoms with Gasteiger partial charge in [-0.2, -0.15) is 25.3 Å². The first-order chi connectivity index (χ1) is 18.0. The molecule has 1 N–H and O–H groups in total. The Bertz CT molecular complexity index is 1320. The Balaban J connectivity index is 1.49. The van der Waals surface area contributed by atoms with E-state index in [4.69, 9.17) is 35.2 Å². The average Bonchev–Trinajstić information content (AvgIpc) is 3.55. The summed E-state index contributed by atoms with van der Waals surface area (Å²) >= 11 is 13.2. The van der Waals surface area contributed by atoms with Gasteiger partial charge in [0.2, 0.25) is 0 Å². The lowest BCUT2D eigenvalue weighted by molar-refractivity contribution is 0.462. The van der Waals surface area contributed by atoms with E-state index in [1.165, 1.54) is 37.7 Å². The zero-order valence-corrected chi connectivity index (χ0v) is 24.4. The maximum absolute atomic E-state index is 11.6. The molecule has 0 aliphatic carbocycles. The molecule has 5 rings (SSSR count). The molecule has 0 saturated heterocycles. The molecule has 192 valence electrons. The second kappa shape index (κ2) is 12.2. The number of para-hydroxylation sites is 2. The number of hydrogen-bond acceptors (Lipinski definition) is 7. The highest BCUT2D eigenvalue weighted by atomic mass is 32.1. The van der Waals surface area contributed by atoms with Crippen molar-refractivity contribution >= 4 is 68.4 Å². The molecule has 0 spiro atoms. The molecule has 0 aliphatic heterocycles. The van der Waals surface area contributed by atoms with Crippen LogP contribution in [-0.2, 0) is 6.42 Å². The smallest absolute Gasteiger partial charge is 0.125 e. The Morgan fingerprint density at radius 2 is 1.22 bits per heavy atom. The van der Waals surface area contributed by atoms with E-state index < -0.39 is 0 Å². The van der Waals surface area contributed by atoms with Crippen LogP contribution in [0.5, 0.6) is 5.75 Å². The second-order valence-electron chi connectivity index (χ2n) is 9.49. The number of nitrogens with zero attached hydrogens (tertiary/aromatic N) is 2. The van der Waals surface area contributed by atoms with E-state index in [1.54, 1.807) is 22.7 Å². The molecule has 0 bridgehead atoms. The summed E-state index contributed by atoms with van der Waals surface area (Å²) in [6.45, 7) is 2.25. The third kappa shape index (κ3) is 6.00. The van der Waals surface area contributed by atoms with E-state index >= 15 is 0 Å². The van der Waals surface area contributed by atoms with Gasteiger partial charge in [0.15, 0.2) is 0 Å². The lowest BCUT2D eigenvalue weighted by Gasteiger charge is -2.19. The third-order valence-corrected chi connectivity index (χ3v) is 10.3. The van der Waals surface area contributed by atoms with Crippen molar-refractivity contribution in [1.29, 1.82) is 0 Å². The first-order valence-electron chi connectivity index (χ1n) is 13.0. The van der Waals surface area contributed by atoms with Crippen LogP contribution in [0.3, 0.4) is 0 Å². The van der Waals surface area contributed by atoms with E-state index in [2.05, 4.69) is 31.2 Å². The third-order valence-electron chi connectivity index (χ3n) is 6.73. The Hall–Kier alpha value is -2.06. The van der Waals surface area contributed by atoms with Gasteiger partial charge in [0.1, 0.15) is 15.8 Å². The van der Waals surface area contributed by atoms with Crippen LogP contribution in [0.4, 0.5) is 0 Å². The van der Waals surface area contributed by atoms with Gasteiger partial charge in [-0.25, -0.2) is 9.97 Å². The number of unbranched alkanes of at least 4 members (excludes halogenated alkanes) is 5. The molecule has 3 nitrogen and oxygen atoms in total. The topological polar surface area (TPSA) is 46.0 Å². The van der Waals surface area contributed by atoms with Crippen molar-refractivity contribution in [2.45, 2.75) is 62.4 Å². The van der Waals surface area contributed by atoms with Gasteiger partial charge in [-0.3, -0.25) is 0 Å². The van der Waals surface area contributed by atoms with Crippen molar-refractivity contribution in [1.82, 2.24) is 9.97 Å².